The molecule has 0 aliphatic carbocycles. The van der Waals surface area contributed by atoms with Crippen LogP contribution in [0.3, 0.4) is 0 Å². The standard InChI is InChI=1S/C9H20N2O2/c1-4-7(2)6-11-9(12)8(5-10)13-3/h7-8H,4-6,10H2,1-3H3,(H,11,12). The molecule has 2 unspecified atom stereocenters. The highest BCUT2D eigenvalue weighted by atomic mass is 16.5. The summed E-state index contributed by atoms with van der Waals surface area (Å²) >= 11 is 0. The van der Waals surface area contributed by atoms with Crippen molar-refractivity contribution < 1.29 is 9.53 Å². The van der Waals surface area contributed by atoms with Crippen molar-refractivity contribution in [2.45, 2.75) is 26.4 Å². The third-order valence-electron chi connectivity index (χ3n) is 2.11. The molecule has 0 rings (SSSR count). The number of carbonyl (C=O) groups excluding carboxylic acids is 1. The van der Waals surface area contributed by atoms with Crippen LogP contribution >= 0.6 is 0 Å². The molecule has 4 heteroatoms. The maximum absolute atomic E-state index is 11.3. The number of carbonyl (C=O) groups is 1. The molecule has 0 saturated carbocycles. The van der Waals surface area contributed by atoms with E-state index >= 15 is 0 Å². The minimum atomic E-state index is -0.510. The normalized spacial score (nSPS) is 15.1. The fraction of sp³-hybridized carbons (Fsp3) is 0.889. The third kappa shape index (κ3) is 4.85. The van der Waals surface area contributed by atoms with E-state index in [4.69, 9.17) is 10.5 Å². The van der Waals surface area contributed by atoms with Crippen LogP contribution in [0.4, 0.5) is 0 Å². The minimum Gasteiger partial charge on any atom is -0.370 e. The van der Waals surface area contributed by atoms with Gasteiger partial charge in [-0.3, -0.25) is 4.79 Å². The van der Waals surface area contributed by atoms with E-state index in [0.29, 0.717) is 12.5 Å². The van der Waals surface area contributed by atoms with E-state index in [1.165, 1.54) is 7.11 Å². The van der Waals surface area contributed by atoms with E-state index in [9.17, 15) is 4.79 Å². The molecular formula is C9H20N2O2. The summed E-state index contributed by atoms with van der Waals surface area (Å²) in [5.74, 6) is 0.379. The van der Waals surface area contributed by atoms with Crippen molar-refractivity contribution in [2.75, 3.05) is 20.2 Å². The third-order valence-corrected chi connectivity index (χ3v) is 2.11. The van der Waals surface area contributed by atoms with Crippen molar-refractivity contribution in [3.05, 3.63) is 0 Å². The first-order valence-corrected chi connectivity index (χ1v) is 4.66. The molecule has 0 spiro atoms. The summed E-state index contributed by atoms with van der Waals surface area (Å²) < 4.78 is 4.89. The SMILES string of the molecule is CCC(C)CNC(=O)C(CN)OC. The maximum Gasteiger partial charge on any atom is 0.250 e. The summed E-state index contributed by atoms with van der Waals surface area (Å²) in [4.78, 5) is 11.3. The number of ether oxygens (including phenoxy) is 1. The molecule has 0 heterocycles. The Morgan fingerprint density at radius 3 is 2.62 bits per heavy atom. The predicted octanol–water partition coefficient (Wildman–Crippen LogP) is 0.122. The Hall–Kier alpha value is -0.610. The summed E-state index contributed by atoms with van der Waals surface area (Å²) in [6.07, 6.45) is 0.546. The zero-order valence-electron chi connectivity index (χ0n) is 8.67. The van der Waals surface area contributed by atoms with E-state index in [0.717, 1.165) is 6.42 Å². The van der Waals surface area contributed by atoms with E-state index in [1.807, 2.05) is 0 Å². The van der Waals surface area contributed by atoms with Crippen LogP contribution in [0.15, 0.2) is 0 Å². The van der Waals surface area contributed by atoms with Crippen LogP contribution < -0.4 is 11.1 Å². The molecule has 0 aromatic heterocycles. The molecule has 78 valence electrons. The molecule has 0 aromatic rings. The number of methoxy groups -OCH3 is 1. The number of rotatable bonds is 6. The Bertz CT molecular complexity index is 147. The van der Waals surface area contributed by atoms with Gasteiger partial charge in [0.05, 0.1) is 0 Å². The van der Waals surface area contributed by atoms with E-state index in [2.05, 4.69) is 19.2 Å². The average Bonchev–Trinajstić information content (AvgIpc) is 2.16. The Morgan fingerprint density at radius 2 is 2.23 bits per heavy atom. The van der Waals surface area contributed by atoms with Gasteiger partial charge in [-0.2, -0.15) is 0 Å². The molecule has 0 aliphatic rings. The van der Waals surface area contributed by atoms with Crippen molar-refractivity contribution in [3.63, 3.8) is 0 Å². The fourth-order valence-corrected chi connectivity index (χ4v) is 0.843. The average molecular weight is 188 g/mol. The second-order valence-corrected chi connectivity index (χ2v) is 3.22. The predicted molar refractivity (Wildman–Crippen MR) is 52.3 cm³/mol. The molecule has 0 aliphatic heterocycles. The second-order valence-electron chi connectivity index (χ2n) is 3.22. The molecule has 13 heavy (non-hydrogen) atoms. The summed E-state index contributed by atoms with van der Waals surface area (Å²) in [5, 5.41) is 2.79. The van der Waals surface area contributed by atoms with Gasteiger partial charge in [0.25, 0.3) is 0 Å². The van der Waals surface area contributed by atoms with Gasteiger partial charge in [0.1, 0.15) is 6.10 Å². The van der Waals surface area contributed by atoms with Gasteiger partial charge in [0.2, 0.25) is 5.91 Å². The van der Waals surface area contributed by atoms with Gasteiger partial charge >= 0.3 is 0 Å². The van der Waals surface area contributed by atoms with Gasteiger partial charge in [0.15, 0.2) is 0 Å². The van der Waals surface area contributed by atoms with Crippen LogP contribution in [-0.4, -0.2) is 32.2 Å². The molecule has 2 atom stereocenters. The minimum absolute atomic E-state index is 0.120. The molecule has 1 amide bonds. The van der Waals surface area contributed by atoms with Crippen LogP contribution in [0.25, 0.3) is 0 Å². The van der Waals surface area contributed by atoms with Gasteiger partial charge in [-0.05, 0) is 5.92 Å². The number of hydrogen-bond acceptors (Lipinski definition) is 3. The van der Waals surface area contributed by atoms with Crippen molar-refractivity contribution >= 4 is 5.91 Å². The molecule has 4 nitrogen and oxygen atoms in total. The lowest BCUT2D eigenvalue weighted by atomic mass is 10.1. The second kappa shape index (κ2) is 6.86. The maximum atomic E-state index is 11.3. The van der Waals surface area contributed by atoms with Gasteiger partial charge in [0, 0.05) is 20.2 Å². The summed E-state index contributed by atoms with van der Waals surface area (Å²) in [7, 11) is 1.49. The first kappa shape index (κ1) is 12.4. The van der Waals surface area contributed by atoms with Crippen LogP contribution in [0, 0.1) is 5.92 Å². The lowest BCUT2D eigenvalue weighted by Crippen LogP contribution is -2.42. The first-order chi connectivity index (χ1) is 6.15. The van der Waals surface area contributed by atoms with E-state index in [-0.39, 0.29) is 12.5 Å². The molecule has 0 aromatic carbocycles. The molecule has 0 fully saturated rings. The Morgan fingerprint density at radius 1 is 1.62 bits per heavy atom. The molecular weight excluding hydrogens is 168 g/mol. The van der Waals surface area contributed by atoms with Crippen molar-refractivity contribution in [1.82, 2.24) is 5.32 Å². The van der Waals surface area contributed by atoms with Gasteiger partial charge in [-0.1, -0.05) is 20.3 Å². The number of amides is 1. The van der Waals surface area contributed by atoms with E-state index < -0.39 is 6.10 Å². The molecule has 3 N–H and O–H groups in total. The van der Waals surface area contributed by atoms with Crippen LogP contribution in [-0.2, 0) is 9.53 Å². The fourth-order valence-electron chi connectivity index (χ4n) is 0.843. The Kier molecular flexibility index (Phi) is 6.54. The Labute approximate surface area is 79.8 Å². The topological polar surface area (TPSA) is 64.4 Å². The number of nitrogens with one attached hydrogen (secondary N) is 1. The van der Waals surface area contributed by atoms with Crippen LogP contribution in [0.1, 0.15) is 20.3 Å². The highest BCUT2D eigenvalue weighted by Gasteiger charge is 2.15. The van der Waals surface area contributed by atoms with Crippen molar-refractivity contribution in [2.24, 2.45) is 11.7 Å². The number of nitrogens with two attached hydrogens (primary N) is 1. The molecule has 0 saturated heterocycles. The van der Waals surface area contributed by atoms with Crippen molar-refractivity contribution in [3.8, 4) is 0 Å². The molecule has 0 bridgehead atoms. The lowest BCUT2D eigenvalue weighted by Gasteiger charge is -2.15. The zero-order valence-corrected chi connectivity index (χ0v) is 8.67. The quantitative estimate of drug-likeness (QED) is 0.622. The highest BCUT2D eigenvalue weighted by molar-refractivity contribution is 5.80. The monoisotopic (exact) mass is 188 g/mol. The summed E-state index contributed by atoms with van der Waals surface area (Å²) in [5.41, 5.74) is 5.34. The Balaban J connectivity index is 3.72. The highest BCUT2D eigenvalue weighted by Crippen LogP contribution is 1.97. The first-order valence-electron chi connectivity index (χ1n) is 4.66. The zero-order chi connectivity index (χ0) is 10.3. The van der Waals surface area contributed by atoms with Gasteiger partial charge in [-0.15, -0.1) is 0 Å². The largest absolute Gasteiger partial charge is 0.370 e. The smallest absolute Gasteiger partial charge is 0.250 e. The van der Waals surface area contributed by atoms with Crippen molar-refractivity contribution in [1.29, 1.82) is 0 Å². The molecule has 0 radical (unpaired) electrons. The van der Waals surface area contributed by atoms with Gasteiger partial charge < -0.3 is 15.8 Å². The number of hydrogen-bond donors (Lipinski definition) is 2. The van der Waals surface area contributed by atoms with Gasteiger partial charge in [-0.25, -0.2) is 0 Å². The van der Waals surface area contributed by atoms with Crippen LogP contribution in [0.2, 0.25) is 0 Å². The lowest BCUT2D eigenvalue weighted by molar-refractivity contribution is -0.130. The van der Waals surface area contributed by atoms with Crippen LogP contribution in [0.5, 0.6) is 0 Å². The van der Waals surface area contributed by atoms with E-state index in [1.54, 1.807) is 0 Å². The summed E-state index contributed by atoms with van der Waals surface area (Å²) in [6, 6.07) is 0. The summed E-state index contributed by atoms with van der Waals surface area (Å²) in [6.45, 7) is 5.09.